The molecule has 0 aliphatic heterocycles. The van der Waals surface area contributed by atoms with Gasteiger partial charge < -0.3 is 10.3 Å². The first-order valence-electron chi connectivity index (χ1n) is 7.09. The molecule has 3 rings (SSSR count). The minimum absolute atomic E-state index is 0.164. The highest BCUT2D eigenvalue weighted by Gasteiger charge is 2.30. The number of hydrogen-bond acceptors (Lipinski definition) is 2. The molecule has 5 nitrogen and oxygen atoms in total. The number of alkyl halides is 3. The summed E-state index contributed by atoms with van der Waals surface area (Å²) in [6.45, 7) is -0.370. The fraction of sp³-hybridized carbons (Fsp3) is 0.125. The third-order valence-electron chi connectivity index (χ3n) is 3.53. The maximum absolute atomic E-state index is 13.2. The number of nitrogens with one attached hydrogen (secondary N) is 2. The third-order valence-corrected chi connectivity index (χ3v) is 3.53. The van der Waals surface area contributed by atoms with E-state index in [4.69, 9.17) is 0 Å². The van der Waals surface area contributed by atoms with Crippen molar-refractivity contribution in [2.24, 2.45) is 0 Å². The summed E-state index contributed by atoms with van der Waals surface area (Å²) < 4.78 is 51.8. The summed E-state index contributed by atoms with van der Waals surface area (Å²) in [5.74, 6) is -1.14. The highest BCUT2D eigenvalue weighted by atomic mass is 19.4. The van der Waals surface area contributed by atoms with Crippen molar-refractivity contribution in [3.63, 3.8) is 0 Å². The highest BCUT2D eigenvalue weighted by molar-refractivity contribution is 5.91. The number of anilines is 1. The van der Waals surface area contributed by atoms with Crippen molar-refractivity contribution in [2.75, 3.05) is 5.32 Å². The van der Waals surface area contributed by atoms with Crippen molar-refractivity contribution in [1.82, 2.24) is 9.55 Å². The maximum Gasteiger partial charge on any atom is 0.416 e. The van der Waals surface area contributed by atoms with Crippen LogP contribution >= 0.6 is 0 Å². The summed E-state index contributed by atoms with van der Waals surface area (Å²) in [7, 11) is 0. The molecule has 0 aliphatic rings. The Morgan fingerprint density at radius 2 is 1.80 bits per heavy atom. The van der Waals surface area contributed by atoms with Gasteiger partial charge in [-0.25, -0.2) is 9.18 Å². The zero-order chi connectivity index (χ0) is 18.2. The van der Waals surface area contributed by atoms with Crippen molar-refractivity contribution < 1.29 is 22.4 Å². The number of aromatic amines is 1. The van der Waals surface area contributed by atoms with Crippen LogP contribution in [-0.4, -0.2) is 15.5 Å². The average molecular weight is 353 g/mol. The first kappa shape index (κ1) is 16.7. The van der Waals surface area contributed by atoms with E-state index in [0.717, 1.165) is 41.0 Å². The van der Waals surface area contributed by atoms with Crippen molar-refractivity contribution in [1.29, 1.82) is 0 Å². The number of rotatable bonds is 3. The molecule has 9 heteroatoms. The second kappa shape index (κ2) is 6.08. The molecule has 0 spiro atoms. The van der Waals surface area contributed by atoms with E-state index in [1.807, 2.05) is 0 Å². The molecule has 0 atom stereocenters. The van der Waals surface area contributed by atoms with Crippen LogP contribution in [0.25, 0.3) is 11.0 Å². The lowest BCUT2D eigenvalue weighted by Gasteiger charge is -2.09. The molecule has 130 valence electrons. The number of benzene rings is 2. The van der Waals surface area contributed by atoms with E-state index in [9.17, 15) is 27.2 Å². The first-order valence-corrected chi connectivity index (χ1v) is 7.09. The van der Waals surface area contributed by atoms with E-state index < -0.39 is 29.2 Å². The highest BCUT2D eigenvalue weighted by Crippen LogP contribution is 2.29. The van der Waals surface area contributed by atoms with Crippen LogP contribution < -0.4 is 11.0 Å². The molecule has 0 saturated heterocycles. The quantitative estimate of drug-likeness (QED) is 0.711. The van der Waals surface area contributed by atoms with Crippen molar-refractivity contribution >= 4 is 22.6 Å². The lowest BCUT2D eigenvalue weighted by molar-refractivity contribution is -0.137. The first-order chi connectivity index (χ1) is 11.7. The lowest BCUT2D eigenvalue weighted by Crippen LogP contribution is -2.25. The van der Waals surface area contributed by atoms with Crippen LogP contribution in [0.15, 0.2) is 47.3 Å². The van der Waals surface area contributed by atoms with E-state index in [1.54, 1.807) is 0 Å². The number of nitrogens with zero attached hydrogens (tertiary/aromatic N) is 1. The molecule has 0 saturated carbocycles. The predicted octanol–water partition coefficient (Wildman–Crippen LogP) is 3.13. The Hall–Kier alpha value is -3.10. The van der Waals surface area contributed by atoms with Gasteiger partial charge in [0.15, 0.2) is 0 Å². The SMILES string of the molecule is O=C(Cn1c(=O)[nH]c2cc(F)ccc21)Nc1ccc(C(F)(F)F)cc1. The molecule has 3 aromatic rings. The monoisotopic (exact) mass is 353 g/mol. The smallest absolute Gasteiger partial charge is 0.325 e. The molecule has 0 aliphatic carbocycles. The zero-order valence-corrected chi connectivity index (χ0v) is 12.5. The van der Waals surface area contributed by atoms with E-state index in [1.165, 1.54) is 6.07 Å². The van der Waals surface area contributed by atoms with Gasteiger partial charge in [0.05, 0.1) is 16.6 Å². The number of carbonyl (C=O) groups excluding carboxylic acids is 1. The number of imidazole rings is 1. The van der Waals surface area contributed by atoms with E-state index in [2.05, 4.69) is 10.3 Å². The van der Waals surface area contributed by atoms with Crippen LogP contribution in [0.5, 0.6) is 0 Å². The average Bonchev–Trinajstić information content (AvgIpc) is 2.82. The molecular weight excluding hydrogens is 342 g/mol. The van der Waals surface area contributed by atoms with E-state index in [0.29, 0.717) is 5.52 Å². The molecule has 1 amide bonds. The second-order valence-electron chi connectivity index (χ2n) is 5.30. The van der Waals surface area contributed by atoms with Crippen LogP contribution in [0.4, 0.5) is 23.2 Å². The number of carbonyl (C=O) groups is 1. The van der Waals surface area contributed by atoms with Crippen LogP contribution in [0.3, 0.4) is 0 Å². The Morgan fingerprint density at radius 3 is 2.44 bits per heavy atom. The van der Waals surface area contributed by atoms with Crippen LogP contribution in [0.2, 0.25) is 0 Å². The van der Waals surface area contributed by atoms with Gasteiger partial charge in [0.25, 0.3) is 0 Å². The Kier molecular flexibility index (Phi) is 4.07. The molecule has 1 aromatic heterocycles. The third kappa shape index (κ3) is 3.54. The van der Waals surface area contributed by atoms with Crippen molar-refractivity contribution in [3.8, 4) is 0 Å². The predicted molar refractivity (Wildman–Crippen MR) is 82.6 cm³/mol. The number of fused-ring (bicyclic) bond motifs is 1. The molecule has 0 bridgehead atoms. The molecule has 0 fully saturated rings. The normalized spacial score (nSPS) is 11.7. The van der Waals surface area contributed by atoms with Gasteiger partial charge in [0.1, 0.15) is 12.4 Å². The summed E-state index contributed by atoms with van der Waals surface area (Å²) >= 11 is 0. The van der Waals surface area contributed by atoms with E-state index in [-0.39, 0.29) is 17.7 Å². The topological polar surface area (TPSA) is 66.9 Å². The fourth-order valence-electron chi connectivity index (χ4n) is 2.38. The minimum Gasteiger partial charge on any atom is -0.325 e. The minimum atomic E-state index is -4.46. The Labute approximate surface area is 137 Å². The summed E-state index contributed by atoms with van der Waals surface area (Å²) in [4.78, 5) is 26.3. The second-order valence-corrected chi connectivity index (χ2v) is 5.30. The van der Waals surface area contributed by atoms with Gasteiger partial charge >= 0.3 is 11.9 Å². The van der Waals surface area contributed by atoms with Crippen molar-refractivity contribution in [3.05, 3.63) is 64.3 Å². The van der Waals surface area contributed by atoms with Gasteiger partial charge in [0.2, 0.25) is 5.91 Å². The van der Waals surface area contributed by atoms with Gasteiger partial charge in [0, 0.05) is 5.69 Å². The fourth-order valence-corrected chi connectivity index (χ4v) is 2.38. The maximum atomic E-state index is 13.2. The Bertz CT molecular complexity index is 987. The molecule has 25 heavy (non-hydrogen) atoms. The van der Waals surface area contributed by atoms with Gasteiger partial charge in [-0.05, 0) is 42.5 Å². The van der Waals surface area contributed by atoms with Gasteiger partial charge in [-0.2, -0.15) is 13.2 Å². The van der Waals surface area contributed by atoms with Gasteiger partial charge in [-0.1, -0.05) is 0 Å². The summed E-state index contributed by atoms with van der Waals surface area (Å²) in [5, 5.41) is 2.41. The summed E-state index contributed by atoms with van der Waals surface area (Å²) in [6, 6.07) is 7.56. The van der Waals surface area contributed by atoms with Crippen LogP contribution in [0.1, 0.15) is 5.56 Å². The lowest BCUT2D eigenvalue weighted by atomic mass is 10.2. The molecule has 2 N–H and O–H groups in total. The van der Waals surface area contributed by atoms with Crippen LogP contribution in [0, 0.1) is 5.82 Å². The largest absolute Gasteiger partial charge is 0.416 e. The Balaban J connectivity index is 1.77. The van der Waals surface area contributed by atoms with Crippen molar-refractivity contribution in [2.45, 2.75) is 12.7 Å². The summed E-state index contributed by atoms with van der Waals surface area (Å²) in [5.41, 5.74) is -0.679. The van der Waals surface area contributed by atoms with Crippen LogP contribution in [-0.2, 0) is 17.5 Å². The molecule has 0 radical (unpaired) electrons. The zero-order valence-electron chi connectivity index (χ0n) is 12.5. The number of hydrogen-bond donors (Lipinski definition) is 2. The standard InChI is InChI=1S/C16H11F4N3O2/c17-10-3-6-13-12(7-10)22-15(25)23(13)8-14(24)21-11-4-1-9(2-5-11)16(18,19)20/h1-7H,8H2,(H,21,24)(H,22,25). The van der Waals surface area contributed by atoms with Gasteiger partial charge in [-0.15, -0.1) is 0 Å². The number of aromatic nitrogens is 2. The molecule has 1 heterocycles. The number of H-pyrrole nitrogens is 1. The van der Waals surface area contributed by atoms with Gasteiger partial charge in [-0.3, -0.25) is 9.36 Å². The molecule has 2 aromatic carbocycles. The molecule has 0 unspecified atom stereocenters. The molecular formula is C16H11F4N3O2. The Morgan fingerprint density at radius 1 is 1.12 bits per heavy atom. The summed E-state index contributed by atoms with van der Waals surface area (Å²) in [6.07, 6.45) is -4.46. The number of amides is 1. The van der Waals surface area contributed by atoms with E-state index >= 15 is 0 Å². The number of halogens is 4.